The third kappa shape index (κ3) is 2.41. The number of nitrogens with zero attached hydrogens (tertiary/aromatic N) is 3. The van der Waals surface area contributed by atoms with E-state index in [-0.39, 0.29) is 5.54 Å². The molecule has 0 aliphatic heterocycles. The minimum atomic E-state index is -0.379. The Morgan fingerprint density at radius 3 is 2.62 bits per heavy atom. The summed E-state index contributed by atoms with van der Waals surface area (Å²) in [5.74, 6) is 1.33. The van der Waals surface area contributed by atoms with Crippen LogP contribution >= 0.6 is 0 Å². The van der Waals surface area contributed by atoms with Crippen molar-refractivity contribution in [1.82, 2.24) is 15.0 Å². The zero-order valence-electron chi connectivity index (χ0n) is 10.1. The van der Waals surface area contributed by atoms with Gasteiger partial charge in [-0.25, -0.2) is 0 Å². The van der Waals surface area contributed by atoms with E-state index in [0.717, 1.165) is 31.5 Å². The van der Waals surface area contributed by atoms with Crippen LogP contribution in [0.25, 0.3) is 0 Å². The number of nitrogens with two attached hydrogens (primary N) is 1. The van der Waals surface area contributed by atoms with Crippen molar-refractivity contribution in [1.29, 1.82) is 0 Å². The van der Waals surface area contributed by atoms with Crippen molar-refractivity contribution in [3.05, 3.63) is 11.7 Å². The third-order valence-corrected chi connectivity index (χ3v) is 3.10. The molecule has 0 bridgehead atoms. The van der Waals surface area contributed by atoms with Crippen LogP contribution < -0.4 is 5.73 Å². The molecule has 0 saturated heterocycles. The SMILES string of the molecule is CN(C)Cc1noc(C2(N)CCCCC2)n1. The Hall–Kier alpha value is -0.940. The Labute approximate surface area is 96.0 Å². The highest BCUT2D eigenvalue weighted by atomic mass is 16.5. The number of rotatable bonds is 3. The molecule has 0 amide bonds. The average Bonchev–Trinajstić information content (AvgIpc) is 2.67. The van der Waals surface area contributed by atoms with Crippen LogP contribution in [0.4, 0.5) is 0 Å². The normalized spacial score (nSPS) is 20.2. The largest absolute Gasteiger partial charge is 0.337 e. The summed E-state index contributed by atoms with van der Waals surface area (Å²) in [5, 5.41) is 3.97. The molecule has 1 fully saturated rings. The van der Waals surface area contributed by atoms with E-state index in [4.69, 9.17) is 10.3 Å². The molecular formula is C11H20N4O. The molecule has 1 aliphatic rings. The van der Waals surface area contributed by atoms with Crippen LogP contribution in [0.5, 0.6) is 0 Å². The van der Waals surface area contributed by atoms with Crippen LogP contribution in [0.2, 0.25) is 0 Å². The summed E-state index contributed by atoms with van der Waals surface area (Å²) in [6.07, 6.45) is 5.48. The lowest BCUT2D eigenvalue weighted by atomic mass is 9.82. The number of hydrogen-bond donors (Lipinski definition) is 1. The van der Waals surface area contributed by atoms with Crippen LogP contribution in [-0.2, 0) is 12.1 Å². The summed E-state index contributed by atoms with van der Waals surface area (Å²) < 4.78 is 5.30. The van der Waals surface area contributed by atoms with Crippen molar-refractivity contribution in [3.8, 4) is 0 Å². The van der Waals surface area contributed by atoms with Gasteiger partial charge in [0.1, 0.15) is 0 Å². The highest BCUT2D eigenvalue weighted by Crippen LogP contribution is 2.33. The molecule has 5 nitrogen and oxygen atoms in total. The van der Waals surface area contributed by atoms with Gasteiger partial charge in [-0.05, 0) is 26.9 Å². The van der Waals surface area contributed by atoms with E-state index in [1.807, 2.05) is 19.0 Å². The molecule has 0 radical (unpaired) electrons. The molecule has 0 atom stereocenters. The van der Waals surface area contributed by atoms with E-state index in [1.54, 1.807) is 0 Å². The summed E-state index contributed by atoms with van der Waals surface area (Å²) in [4.78, 5) is 6.41. The fraction of sp³-hybridized carbons (Fsp3) is 0.818. The van der Waals surface area contributed by atoms with Crippen molar-refractivity contribution in [2.75, 3.05) is 14.1 Å². The van der Waals surface area contributed by atoms with Crippen LogP contribution in [0.3, 0.4) is 0 Å². The van der Waals surface area contributed by atoms with Crippen LogP contribution in [0.1, 0.15) is 43.8 Å². The summed E-state index contributed by atoms with van der Waals surface area (Å²) in [6, 6.07) is 0. The maximum atomic E-state index is 6.31. The van der Waals surface area contributed by atoms with Gasteiger partial charge in [-0.15, -0.1) is 0 Å². The Bertz CT molecular complexity index is 342. The quantitative estimate of drug-likeness (QED) is 0.836. The summed E-state index contributed by atoms with van der Waals surface area (Å²) in [6.45, 7) is 0.694. The second-order valence-electron chi connectivity index (χ2n) is 4.97. The smallest absolute Gasteiger partial charge is 0.246 e. The Morgan fingerprint density at radius 1 is 1.31 bits per heavy atom. The molecule has 0 spiro atoms. The lowest BCUT2D eigenvalue weighted by molar-refractivity contribution is 0.219. The molecule has 1 heterocycles. The average molecular weight is 224 g/mol. The topological polar surface area (TPSA) is 68.2 Å². The van der Waals surface area contributed by atoms with Gasteiger partial charge in [-0.1, -0.05) is 24.4 Å². The van der Waals surface area contributed by atoms with Gasteiger partial charge < -0.3 is 15.2 Å². The molecule has 5 heteroatoms. The number of aromatic nitrogens is 2. The first kappa shape index (κ1) is 11.5. The highest BCUT2D eigenvalue weighted by Gasteiger charge is 2.35. The second kappa shape index (κ2) is 4.51. The van der Waals surface area contributed by atoms with E-state index < -0.39 is 0 Å². The molecule has 0 aromatic carbocycles. The predicted octanol–water partition coefficient (Wildman–Crippen LogP) is 1.25. The van der Waals surface area contributed by atoms with E-state index in [9.17, 15) is 0 Å². The fourth-order valence-electron chi connectivity index (χ4n) is 2.20. The first-order valence-corrected chi connectivity index (χ1v) is 5.87. The number of hydrogen-bond acceptors (Lipinski definition) is 5. The fourth-order valence-corrected chi connectivity index (χ4v) is 2.20. The predicted molar refractivity (Wildman–Crippen MR) is 60.6 cm³/mol. The first-order valence-electron chi connectivity index (χ1n) is 5.87. The van der Waals surface area contributed by atoms with Crippen molar-refractivity contribution in [2.45, 2.75) is 44.2 Å². The third-order valence-electron chi connectivity index (χ3n) is 3.10. The van der Waals surface area contributed by atoms with Crippen molar-refractivity contribution < 1.29 is 4.52 Å². The molecule has 1 aromatic rings. The van der Waals surface area contributed by atoms with E-state index in [2.05, 4.69) is 10.1 Å². The summed E-state index contributed by atoms with van der Waals surface area (Å²) >= 11 is 0. The standard InChI is InChI=1S/C11H20N4O/c1-15(2)8-9-13-10(16-14-9)11(12)6-4-3-5-7-11/h3-8,12H2,1-2H3. The van der Waals surface area contributed by atoms with E-state index in [0.29, 0.717) is 12.4 Å². The molecule has 16 heavy (non-hydrogen) atoms. The monoisotopic (exact) mass is 224 g/mol. The van der Waals surface area contributed by atoms with Gasteiger partial charge in [-0.3, -0.25) is 0 Å². The Balaban J connectivity index is 2.10. The molecule has 1 aromatic heterocycles. The molecule has 1 aliphatic carbocycles. The second-order valence-corrected chi connectivity index (χ2v) is 4.97. The lowest BCUT2D eigenvalue weighted by Gasteiger charge is -2.29. The van der Waals surface area contributed by atoms with Gasteiger partial charge >= 0.3 is 0 Å². The van der Waals surface area contributed by atoms with Gasteiger partial charge in [0.25, 0.3) is 0 Å². The molecular weight excluding hydrogens is 204 g/mol. The van der Waals surface area contributed by atoms with Gasteiger partial charge in [-0.2, -0.15) is 4.98 Å². The van der Waals surface area contributed by atoms with Crippen molar-refractivity contribution >= 4 is 0 Å². The lowest BCUT2D eigenvalue weighted by Crippen LogP contribution is -2.39. The molecule has 2 rings (SSSR count). The van der Waals surface area contributed by atoms with Crippen molar-refractivity contribution in [2.24, 2.45) is 5.73 Å². The van der Waals surface area contributed by atoms with Crippen molar-refractivity contribution in [3.63, 3.8) is 0 Å². The first-order chi connectivity index (χ1) is 7.60. The molecule has 0 unspecified atom stereocenters. The maximum absolute atomic E-state index is 6.31. The van der Waals surface area contributed by atoms with Gasteiger partial charge in [0, 0.05) is 0 Å². The zero-order chi connectivity index (χ0) is 11.6. The van der Waals surface area contributed by atoms with Gasteiger partial charge in [0.2, 0.25) is 5.89 Å². The van der Waals surface area contributed by atoms with E-state index in [1.165, 1.54) is 6.42 Å². The molecule has 1 saturated carbocycles. The molecule has 90 valence electrons. The Morgan fingerprint density at radius 2 is 2.00 bits per heavy atom. The Kier molecular flexibility index (Phi) is 3.25. The maximum Gasteiger partial charge on any atom is 0.246 e. The minimum absolute atomic E-state index is 0.379. The van der Waals surface area contributed by atoms with Crippen LogP contribution in [0.15, 0.2) is 4.52 Å². The van der Waals surface area contributed by atoms with Gasteiger partial charge in [0.05, 0.1) is 12.1 Å². The summed E-state index contributed by atoms with van der Waals surface area (Å²) in [7, 11) is 3.96. The molecule has 2 N–H and O–H groups in total. The van der Waals surface area contributed by atoms with Crippen LogP contribution in [-0.4, -0.2) is 29.1 Å². The minimum Gasteiger partial charge on any atom is -0.337 e. The summed E-state index contributed by atoms with van der Waals surface area (Å²) in [5.41, 5.74) is 5.94. The van der Waals surface area contributed by atoms with Gasteiger partial charge in [0.15, 0.2) is 5.82 Å². The van der Waals surface area contributed by atoms with E-state index >= 15 is 0 Å². The van der Waals surface area contributed by atoms with Crippen LogP contribution in [0, 0.1) is 0 Å². The highest BCUT2D eigenvalue weighted by molar-refractivity contribution is 5.03. The zero-order valence-corrected chi connectivity index (χ0v) is 10.1.